The second-order valence-electron chi connectivity index (χ2n) is 5.47. The van der Waals surface area contributed by atoms with Crippen LogP contribution in [0.1, 0.15) is 16.9 Å². The normalized spacial score (nSPS) is 20.4. The van der Waals surface area contributed by atoms with E-state index in [0.29, 0.717) is 13.2 Å². The van der Waals surface area contributed by atoms with Crippen LogP contribution in [0.4, 0.5) is 17.5 Å². The molecular weight excluding hydrogens is 310 g/mol. The van der Waals surface area contributed by atoms with Crippen molar-refractivity contribution in [2.24, 2.45) is 11.5 Å². The molecule has 24 heavy (non-hydrogen) atoms. The van der Waals surface area contributed by atoms with E-state index >= 15 is 0 Å². The summed E-state index contributed by atoms with van der Waals surface area (Å²) in [4.78, 5) is 15.9. The average molecular weight is 329 g/mol. The van der Waals surface area contributed by atoms with E-state index in [0.717, 1.165) is 12.1 Å². The van der Waals surface area contributed by atoms with Gasteiger partial charge in [-0.3, -0.25) is 4.79 Å². The first kappa shape index (κ1) is 16.1. The molecule has 2 aromatic rings. The highest BCUT2D eigenvalue weighted by atomic mass is 16.5. The first-order valence-corrected chi connectivity index (χ1v) is 7.60. The molecule has 1 aliphatic heterocycles. The number of nitrogens with zero attached hydrogens (tertiary/aromatic N) is 3. The van der Waals surface area contributed by atoms with Crippen LogP contribution in [-0.4, -0.2) is 46.4 Å². The summed E-state index contributed by atoms with van der Waals surface area (Å²) in [6.07, 6.45) is 0.740. The largest absolute Gasteiger partial charge is 0.380 e. The molecule has 1 aliphatic rings. The molecule has 0 aliphatic carbocycles. The number of amides is 1. The van der Waals surface area contributed by atoms with E-state index in [1.807, 2.05) is 30.3 Å². The lowest BCUT2D eigenvalue weighted by Crippen LogP contribution is -2.48. The lowest BCUT2D eigenvalue weighted by atomic mass is 10.1. The predicted molar refractivity (Wildman–Crippen MR) is 88.9 cm³/mol. The monoisotopic (exact) mass is 329 g/mol. The molecule has 1 saturated heterocycles. The number of carbonyl (C=O) groups is 1. The fourth-order valence-corrected chi connectivity index (χ4v) is 2.40. The van der Waals surface area contributed by atoms with Crippen LogP contribution in [0.25, 0.3) is 0 Å². The number of hydrogen-bond donors (Lipinski definition) is 4. The number of rotatable bonds is 5. The molecule has 0 spiro atoms. The number of nitrogens with two attached hydrogens (primary N) is 2. The van der Waals surface area contributed by atoms with Gasteiger partial charge in [0.2, 0.25) is 5.95 Å². The first-order chi connectivity index (χ1) is 11.6. The number of primary amides is 1. The van der Waals surface area contributed by atoms with Gasteiger partial charge in [0.25, 0.3) is 5.91 Å². The number of carbonyl (C=O) groups excluding carboxylic acids is 1. The Morgan fingerprint density at radius 1 is 1.25 bits per heavy atom. The minimum atomic E-state index is -0.706. The summed E-state index contributed by atoms with van der Waals surface area (Å²) in [7, 11) is 0. The lowest BCUT2D eigenvalue weighted by molar-refractivity contribution is 0.0751. The van der Waals surface area contributed by atoms with Gasteiger partial charge in [-0.2, -0.15) is 4.98 Å². The molecule has 1 fully saturated rings. The zero-order chi connectivity index (χ0) is 16.9. The number of ether oxygens (including phenoxy) is 1. The van der Waals surface area contributed by atoms with Crippen molar-refractivity contribution in [3.05, 3.63) is 36.0 Å². The molecule has 2 heterocycles. The first-order valence-electron chi connectivity index (χ1n) is 7.60. The van der Waals surface area contributed by atoms with Crippen molar-refractivity contribution in [3.8, 4) is 0 Å². The van der Waals surface area contributed by atoms with Crippen molar-refractivity contribution in [2.75, 3.05) is 23.8 Å². The van der Waals surface area contributed by atoms with Gasteiger partial charge in [-0.1, -0.05) is 18.2 Å². The number of para-hydroxylation sites is 1. The maximum absolute atomic E-state index is 11.5. The van der Waals surface area contributed by atoms with Gasteiger partial charge < -0.3 is 26.8 Å². The van der Waals surface area contributed by atoms with Crippen LogP contribution in [0, 0.1) is 0 Å². The Balaban J connectivity index is 1.83. The molecule has 9 nitrogen and oxygen atoms in total. The fraction of sp³-hybridized carbons (Fsp3) is 0.333. The van der Waals surface area contributed by atoms with E-state index in [1.165, 1.54) is 0 Å². The highest BCUT2D eigenvalue weighted by molar-refractivity contribution is 5.96. The predicted octanol–water partition coefficient (Wildman–Crippen LogP) is 0.242. The zero-order valence-electron chi connectivity index (χ0n) is 13.0. The second-order valence-corrected chi connectivity index (χ2v) is 5.47. The Kier molecular flexibility index (Phi) is 4.82. The Morgan fingerprint density at radius 2 is 2.04 bits per heavy atom. The Labute approximate surface area is 138 Å². The summed E-state index contributed by atoms with van der Waals surface area (Å²) in [5.41, 5.74) is 12.1. The van der Waals surface area contributed by atoms with Crippen LogP contribution in [0.3, 0.4) is 0 Å². The van der Waals surface area contributed by atoms with Crippen molar-refractivity contribution in [3.63, 3.8) is 0 Å². The minimum absolute atomic E-state index is 0.0236. The van der Waals surface area contributed by atoms with Crippen LogP contribution in [0.2, 0.25) is 0 Å². The fourth-order valence-electron chi connectivity index (χ4n) is 2.40. The van der Waals surface area contributed by atoms with Crippen LogP contribution >= 0.6 is 0 Å². The minimum Gasteiger partial charge on any atom is -0.380 e. The third-order valence-electron chi connectivity index (χ3n) is 3.67. The molecule has 6 N–H and O–H groups in total. The highest BCUT2D eigenvalue weighted by Gasteiger charge is 2.24. The molecule has 126 valence electrons. The molecular formula is C15H19N7O2. The number of aromatic nitrogens is 3. The summed E-state index contributed by atoms with van der Waals surface area (Å²) in [6, 6.07) is 9.11. The lowest BCUT2D eigenvalue weighted by Gasteiger charge is -2.29. The highest BCUT2D eigenvalue weighted by Crippen LogP contribution is 2.19. The van der Waals surface area contributed by atoms with Gasteiger partial charge >= 0.3 is 0 Å². The van der Waals surface area contributed by atoms with Crippen molar-refractivity contribution >= 4 is 23.4 Å². The van der Waals surface area contributed by atoms with Gasteiger partial charge in [0.1, 0.15) is 0 Å². The summed E-state index contributed by atoms with van der Waals surface area (Å²) in [5.74, 6) is -0.185. The third kappa shape index (κ3) is 3.76. The van der Waals surface area contributed by atoms with E-state index in [-0.39, 0.29) is 29.5 Å². The summed E-state index contributed by atoms with van der Waals surface area (Å²) in [6.45, 7) is 1.09. The van der Waals surface area contributed by atoms with Crippen LogP contribution in [-0.2, 0) is 4.74 Å². The standard InChI is InChI=1S/C15H19N7O2/c16-10-8-24-7-6-11(10)19-15-20-14(12(13(17)23)21-22-15)18-9-4-2-1-3-5-9/h1-5,10-11H,6-8,16H2,(H2,17,23)(H2,18,19,20,22)/t10-,11+/m0/s1. The topological polar surface area (TPSA) is 141 Å². The van der Waals surface area contributed by atoms with Gasteiger partial charge in [0.15, 0.2) is 11.5 Å². The van der Waals surface area contributed by atoms with E-state index in [2.05, 4.69) is 25.8 Å². The van der Waals surface area contributed by atoms with E-state index < -0.39 is 5.91 Å². The number of hydrogen-bond acceptors (Lipinski definition) is 8. The van der Waals surface area contributed by atoms with Crippen molar-refractivity contribution in [2.45, 2.75) is 18.5 Å². The number of benzene rings is 1. The summed E-state index contributed by atoms with van der Waals surface area (Å²) in [5, 5.41) is 14.0. The van der Waals surface area contributed by atoms with E-state index in [1.54, 1.807) is 0 Å². The van der Waals surface area contributed by atoms with Gasteiger partial charge in [0, 0.05) is 24.4 Å². The van der Waals surface area contributed by atoms with Crippen LogP contribution < -0.4 is 22.1 Å². The molecule has 0 radical (unpaired) electrons. The van der Waals surface area contributed by atoms with Gasteiger partial charge in [-0.25, -0.2) is 0 Å². The molecule has 3 rings (SSSR count). The molecule has 0 unspecified atom stereocenters. The average Bonchev–Trinajstić information content (AvgIpc) is 2.58. The van der Waals surface area contributed by atoms with Crippen molar-refractivity contribution in [1.82, 2.24) is 15.2 Å². The molecule has 1 aromatic carbocycles. The van der Waals surface area contributed by atoms with E-state index in [4.69, 9.17) is 16.2 Å². The Morgan fingerprint density at radius 3 is 2.75 bits per heavy atom. The molecule has 2 atom stereocenters. The molecule has 1 amide bonds. The van der Waals surface area contributed by atoms with Crippen molar-refractivity contribution < 1.29 is 9.53 Å². The number of nitrogens with one attached hydrogen (secondary N) is 2. The summed E-state index contributed by atoms with van der Waals surface area (Å²) < 4.78 is 5.31. The molecule has 0 saturated carbocycles. The van der Waals surface area contributed by atoms with E-state index in [9.17, 15) is 4.79 Å². The van der Waals surface area contributed by atoms with Gasteiger partial charge in [0.05, 0.1) is 6.61 Å². The SMILES string of the molecule is NC(=O)c1nnc(N[C@@H]2CCOC[C@@H]2N)nc1Nc1ccccc1. The molecule has 1 aromatic heterocycles. The third-order valence-corrected chi connectivity index (χ3v) is 3.67. The van der Waals surface area contributed by atoms with Gasteiger partial charge in [-0.05, 0) is 18.6 Å². The van der Waals surface area contributed by atoms with Crippen LogP contribution in [0.5, 0.6) is 0 Å². The Hall–Kier alpha value is -2.78. The zero-order valence-corrected chi connectivity index (χ0v) is 13.0. The maximum atomic E-state index is 11.5. The molecule has 0 bridgehead atoms. The van der Waals surface area contributed by atoms with Crippen LogP contribution in [0.15, 0.2) is 30.3 Å². The van der Waals surface area contributed by atoms with Crippen molar-refractivity contribution in [1.29, 1.82) is 0 Å². The van der Waals surface area contributed by atoms with Gasteiger partial charge in [-0.15, -0.1) is 10.2 Å². The number of anilines is 3. The second kappa shape index (κ2) is 7.20. The quantitative estimate of drug-likeness (QED) is 0.611. The molecule has 9 heteroatoms. The summed E-state index contributed by atoms with van der Waals surface area (Å²) >= 11 is 0. The maximum Gasteiger partial charge on any atom is 0.273 e. The Bertz CT molecular complexity index is 710. The smallest absolute Gasteiger partial charge is 0.273 e.